The van der Waals surface area contributed by atoms with E-state index in [4.69, 9.17) is 10.5 Å². The van der Waals surface area contributed by atoms with Crippen LogP contribution < -0.4 is 21.1 Å². The van der Waals surface area contributed by atoms with Crippen LogP contribution in [0.4, 0.5) is 0 Å². The monoisotopic (exact) mass is 538 g/mol. The number of rotatable bonds is 11. The summed E-state index contributed by atoms with van der Waals surface area (Å²) in [6, 6.07) is 16.6. The van der Waals surface area contributed by atoms with Crippen molar-refractivity contribution in [1.29, 1.82) is 0 Å². The third kappa shape index (κ3) is 10.5. The Morgan fingerprint density at radius 3 is 2.13 bits per heavy atom. The molecule has 0 aliphatic rings. The zero-order valence-corrected chi connectivity index (χ0v) is 21.0. The first-order valence-corrected chi connectivity index (χ1v) is 10.5. The van der Waals surface area contributed by atoms with Crippen molar-refractivity contribution in [1.82, 2.24) is 10.6 Å². The normalized spacial score (nSPS) is 11.0. The Kier molecular flexibility index (Phi) is 12.7. The molecule has 0 saturated carbocycles. The number of amides is 1. The van der Waals surface area contributed by atoms with Crippen molar-refractivity contribution < 1.29 is 9.53 Å². The maximum atomic E-state index is 10.7. The number of hydrogen-bond donors (Lipinski definition) is 3. The molecule has 1 amide bonds. The molecule has 0 radical (unpaired) electrons. The zero-order chi connectivity index (χ0) is 21.8. The number of hydrogen-bond acceptors (Lipinski definition) is 3. The lowest BCUT2D eigenvalue weighted by atomic mass is 10.0. The number of nitrogens with one attached hydrogen (secondary N) is 2. The minimum absolute atomic E-state index is 0. The van der Waals surface area contributed by atoms with Crippen LogP contribution in [0.1, 0.15) is 42.9 Å². The van der Waals surface area contributed by atoms with Gasteiger partial charge in [-0.15, -0.1) is 24.0 Å². The number of guanidine groups is 1. The molecule has 0 aliphatic heterocycles. The van der Waals surface area contributed by atoms with Gasteiger partial charge in [-0.1, -0.05) is 50.2 Å². The first-order chi connectivity index (χ1) is 14.5. The van der Waals surface area contributed by atoms with Crippen LogP contribution in [0.2, 0.25) is 0 Å². The molecule has 170 valence electrons. The van der Waals surface area contributed by atoms with E-state index in [0.29, 0.717) is 11.7 Å². The van der Waals surface area contributed by atoms with E-state index in [9.17, 15) is 4.79 Å². The fourth-order valence-corrected chi connectivity index (χ4v) is 3.02. The van der Waals surface area contributed by atoms with Crippen LogP contribution in [0.25, 0.3) is 0 Å². The average molecular weight is 538 g/mol. The highest BCUT2D eigenvalue weighted by Crippen LogP contribution is 2.15. The van der Waals surface area contributed by atoms with Gasteiger partial charge in [0.15, 0.2) is 12.6 Å². The second-order valence-electron chi connectivity index (χ2n) is 7.57. The van der Waals surface area contributed by atoms with Crippen molar-refractivity contribution >= 4 is 35.8 Å². The summed E-state index contributed by atoms with van der Waals surface area (Å²) in [6.07, 6.45) is 2.96. The van der Waals surface area contributed by atoms with Crippen LogP contribution in [0.5, 0.6) is 5.75 Å². The molecule has 2 rings (SSSR count). The highest BCUT2D eigenvalue weighted by atomic mass is 127. The van der Waals surface area contributed by atoms with Gasteiger partial charge in [-0.25, -0.2) is 0 Å². The number of carbonyl (C=O) groups excluding carboxylic acids is 1. The first-order valence-electron chi connectivity index (χ1n) is 10.5. The molecule has 0 aliphatic carbocycles. The predicted molar refractivity (Wildman–Crippen MR) is 138 cm³/mol. The van der Waals surface area contributed by atoms with Gasteiger partial charge in [-0.05, 0) is 54.0 Å². The molecular weight excluding hydrogens is 503 g/mol. The maximum absolute atomic E-state index is 10.7. The highest BCUT2D eigenvalue weighted by molar-refractivity contribution is 14.0. The summed E-state index contributed by atoms with van der Waals surface area (Å²) in [7, 11) is 1.78. The summed E-state index contributed by atoms with van der Waals surface area (Å²) < 4.78 is 5.27. The number of ether oxygens (including phenoxy) is 1. The van der Waals surface area contributed by atoms with Gasteiger partial charge >= 0.3 is 0 Å². The Morgan fingerprint density at radius 1 is 0.968 bits per heavy atom. The first kappa shape index (κ1) is 26.7. The molecule has 0 fully saturated rings. The molecule has 0 saturated heterocycles. The van der Waals surface area contributed by atoms with Gasteiger partial charge in [0.2, 0.25) is 0 Å². The van der Waals surface area contributed by atoms with Crippen LogP contribution in [-0.4, -0.2) is 38.6 Å². The molecule has 2 aromatic rings. The Hall–Kier alpha value is -2.29. The fourth-order valence-electron chi connectivity index (χ4n) is 3.02. The van der Waals surface area contributed by atoms with E-state index in [1.54, 1.807) is 7.05 Å². The fraction of sp³-hybridized carbons (Fsp3) is 0.417. The number of benzene rings is 2. The minimum atomic E-state index is -0.480. The summed E-state index contributed by atoms with van der Waals surface area (Å²) in [6.45, 7) is 5.97. The van der Waals surface area contributed by atoms with Gasteiger partial charge < -0.3 is 21.1 Å². The SMILES string of the molecule is CN=C(NCCCc1ccc(C(C)C)cc1)NCCc1ccc(OCC(N)=O)cc1.I. The standard InChI is InChI=1S/C24H34N4O2.HI/c1-18(2)21-10-6-19(7-11-21)5-4-15-27-24(26-3)28-16-14-20-8-12-22(13-9-20)30-17-23(25)29;/h6-13,18H,4-5,14-17H2,1-3H3,(H2,25,29)(H2,26,27,28);1H. The van der Waals surface area contributed by atoms with Crippen molar-refractivity contribution in [2.24, 2.45) is 10.7 Å². The van der Waals surface area contributed by atoms with E-state index >= 15 is 0 Å². The second kappa shape index (κ2) is 14.7. The van der Waals surface area contributed by atoms with Gasteiger partial charge in [-0.3, -0.25) is 9.79 Å². The minimum Gasteiger partial charge on any atom is -0.484 e. The number of carbonyl (C=O) groups is 1. The van der Waals surface area contributed by atoms with Gasteiger partial charge in [0, 0.05) is 20.1 Å². The van der Waals surface area contributed by atoms with Crippen molar-refractivity contribution in [3.8, 4) is 5.75 Å². The second-order valence-corrected chi connectivity index (χ2v) is 7.57. The molecule has 0 heterocycles. The third-order valence-electron chi connectivity index (χ3n) is 4.82. The lowest BCUT2D eigenvalue weighted by molar-refractivity contribution is -0.119. The van der Waals surface area contributed by atoms with Crippen LogP contribution in [0.3, 0.4) is 0 Å². The van der Waals surface area contributed by atoms with E-state index in [-0.39, 0.29) is 30.6 Å². The smallest absolute Gasteiger partial charge is 0.255 e. The van der Waals surface area contributed by atoms with Crippen LogP contribution in [0, 0.1) is 0 Å². The van der Waals surface area contributed by atoms with Crippen LogP contribution in [-0.2, 0) is 17.6 Å². The number of halogens is 1. The Labute approximate surface area is 203 Å². The molecule has 0 spiro atoms. The number of nitrogens with zero attached hydrogens (tertiary/aromatic N) is 1. The van der Waals surface area contributed by atoms with Crippen LogP contribution in [0.15, 0.2) is 53.5 Å². The lowest BCUT2D eigenvalue weighted by Gasteiger charge is -2.12. The number of aliphatic imine (C=N–C) groups is 1. The molecule has 0 atom stereocenters. The molecule has 31 heavy (non-hydrogen) atoms. The summed E-state index contributed by atoms with van der Waals surface area (Å²) >= 11 is 0. The molecule has 4 N–H and O–H groups in total. The van der Waals surface area contributed by atoms with Gasteiger partial charge in [0.1, 0.15) is 5.75 Å². The summed E-state index contributed by atoms with van der Waals surface area (Å²) in [5, 5.41) is 6.70. The van der Waals surface area contributed by atoms with E-state index in [1.807, 2.05) is 24.3 Å². The van der Waals surface area contributed by atoms with E-state index in [0.717, 1.165) is 38.3 Å². The number of aryl methyl sites for hydroxylation is 1. The average Bonchev–Trinajstić information content (AvgIpc) is 2.75. The van der Waals surface area contributed by atoms with Crippen molar-refractivity contribution in [3.05, 3.63) is 65.2 Å². The molecule has 0 aromatic heterocycles. The van der Waals surface area contributed by atoms with E-state index < -0.39 is 5.91 Å². The number of nitrogens with two attached hydrogens (primary N) is 1. The molecular formula is C24H35IN4O2. The summed E-state index contributed by atoms with van der Waals surface area (Å²) in [5.41, 5.74) is 9.00. The molecule has 0 unspecified atom stereocenters. The lowest BCUT2D eigenvalue weighted by Crippen LogP contribution is -2.38. The quantitative estimate of drug-likeness (QED) is 0.177. The topological polar surface area (TPSA) is 88.7 Å². The zero-order valence-electron chi connectivity index (χ0n) is 18.7. The third-order valence-corrected chi connectivity index (χ3v) is 4.82. The summed E-state index contributed by atoms with van der Waals surface area (Å²) in [4.78, 5) is 15.0. The Morgan fingerprint density at radius 2 is 1.55 bits per heavy atom. The summed E-state index contributed by atoms with van der Waals surface area (Å²) in [5.74, 6) is 1.54. The van der Waals surface area contributed by atoms with Crippen LogP contribution >= 0.6 is 24.0 Å². The van der Waals surface area contributed by atoms with Gasteiger partial charge in [-0.2, -0.15) is 0 Å². The molecule has 7 heteroatoms. The van der Waals surface area contributed by atoms with Crippen molar-refractivity contribution in [2.45, 2.75) is 39.0 Å². The maximum Gasteiger partial charge on any atom is 0.255 e. The van der Waals surface area contributed by atoms with Crippen molar-refractivity contribution in [3.63, 3.8) is 0 Å². The predicted octanol–water partition coefficient (Wildman–Crippen LogP) is 3.63. The molecule has 0 bridgehead atoms. The van der Waals surface area contributed by atoms with Gasteiger partial charge in [0.05, 0.1) is 0 Å². The van der Waals surface area contributed by atoms with Gasteiger partial charge in [0.25, 0.3) is 5.91 Å². The molecule has 6 nitrogen and oxygen atoms in total. The van der Waals surface area contributed by atoms with Crippen molar-refractivity contribution in [2.75, 3.05) is 26.7 Å². The van der Waals surface area contributed by atoms with E-state index in [1.165, 1.54) is 16.7 Å². The Balaban J connectivity index is 0.00000480. The number of primary amides is 1. The van der Waals surface area contributed by atoms with E-state index in [2.05, 4.69) is 53.7 Å². The highest BCUT2D eigenvalue weighted by Gasteiger charge is 2.02. The largest absolute Gasteiger partial charge is 0.484 e. The Bertz CT molecular complexity index is 805. The molecule has 2 aromatic carbocycles.